The summed E-state index contributed by atoms with van der Waals surface area (Å²) in [5.74, 6) is 0.715. The van der Waals surface area contributed by atoms with Crippen molar-refractivity contribution in [1.29, 1.82) is 0 Å². The molecule has 2 aromatic rings. The number of nitrogens with zero attached hydrogens (tertiary/aromatic N) is 1. The summed E-state index contributed by atoms with van der Waals surface area (Å²) in [6.45, 7) is 3.42. The quantitative estimate of drug-likeness (QED) is 0.673. The van der Waals surface area contributed by atoms with Crippen LogP contribution in [0.3, 0.4) is 0 Å². The van der Waals surface area contributed by atoms with Crippen LogP contribution in [0.5, 0.6) is 0 Å². The Kier molecular flexibility index (Phi) is 6.96. The highest BCUT2D eigenvalue weighted by Crippen LogP contribution is 2.22. The third kappa shape index (κ3) is 6.34. The molecule has 1 heterocycles. The highest BCUT2D eigenvalue weighted by atomic mass is 35.5. The second-order valence-electron chi connectivity index (χ2n) is 7.64. The number of aryl methyl sites for hydroxylation is 1. The molecule has 1 fully saturated rings. The summed E-state index contributed by atoms with van der Waals surface area (Å²) in [6.07, 6.45) is 7.01. The molecule has 5 heteroatoms. The summed E-state index contributed by atoms with van der Waals surface area (Å²) >= 11 is 6.08. The molecule has 3 rings (SSSR count). The number of halogens is 1. The largest absolute Gasteiger partial charge is 0.303 e. The highest BCUT2D eigenvalue weighted by molar-refractivity contribution is 7.90. The maximum Gasteiger partial charge on any atom is 0.175 e. The molecule has 1 atom stereocenters. The van der Waals surface area contributed by atoms with Crippen molar-refractivity contribution in [2.45, 2.75) is 37.0 Å². The zero-order valence-electron chi connectivity index (χ0n) is 15.9. The van der Waals surface area contributed by atoms with Crippen molar-refractivity contribution in [1.82, 2.24) is 4.90 Å². The molecule has 1 unspecified atom stereocenters. The monoisotopic (exact) mass is 405 g/mol. The summed E-state index contributed by atoms with van der Waals surface area (Å²) in [6, 6.07) is 15.5. The first-order valence-electron chi connectivity index (χ1n) is 9.66. The molecular weight excluding hydrogens is 378 g/mol. The van der Waals surface area contributed by atoms with E-state index in [4.69, 9.17) is 11.6 Å². The molecule has 27 heavy (non-hydrogen) atoms. The third-order valence-corrected chi connectivity index (χ3v) is 6.77. The van der Waals surface area contributed by atoms with E-state index in [1.54, 1.807) is 12.1 Å². The molecule has 1 saturated heterocycles. The van der Waals surface area contributed by atoms with Crippen LogP contribution in [-0.4, -0.2) is 39.2 Å². The van der Waals surface area contributed by atoms with Crippen molar-refractivity contribution in [3.63, 3.8) is 0 Å². The second-order valence-corrected chi connectivity index (χ2v) is 10.1. The van der Waals surface area contributed by atoms with Crippen LogP contribution in [-0.2, 0) is 22.7 Å². The SMILES string of the molecule is CS(=O)(=O)c1ccc(CCC2CCCN(CCc3cccc(Cl)c3)C2)cc1. The summed E-state index contributed by atoms with van der Waals surface area (Å²) in [5, 5.41) is 0.811. The van der Waals surface area contributed by atoms with Gasteiger partial charge in [0.1, 0.15) is 0 Å². The molecule has 2 aromatic carbocycles. The standard InChI is InChI=1S/C22H28ClNO2S/c1-27(25,26)22-11-9-18(10-12-22)7-8-20-5-3-14-24(17-20)15-13-19-4-2-6-21(23)16-19/h2,4,6,9-12,16,20H,3,5,7-8,13-15,17H2,1H3. The summed E-state index contributed by atoms with van der Waals surface area (Å²) < 4.78 is 23.1. The Morgan fingerprint density at radius 3 is 2.56 bits per heavy atom. The molecule has 1 aliphatic heterocycles. The lowest BCUT2D eigenvalue weighted by atomic mass is 9.91. The Labute approximate surface area is 168 Å². The van der Waals surface area contributed by atoms with E-state index in [1.165, 1.54) is 36.8 Å². The number of likely N-dealkylation sites (tertiary alicyclic amines) is 1. The lowest BCUT2D eigenvalue weighted by molar-refractivity contribution is 0.170. The van der Waals surface area contributed by atoms with Gasteiger partial charge in [-0.15, -0.1) is 0 Å². The zero-order chi connectivity index (χ0) is 19.3. The maximum atomic E-state index is 11.6. The normalized spacial score (nSPS) is 18.5. The number of hydrogen-bond donors (Lipinski definition) is 0. The van der Waals surface area contributed by atoms with Gasteiger partial charge in [0.15, 0.2) is 9.84 Å². The fraction of sp³-hybridized carbons (Fsp3) is 0.455. The Hall–Kier alpha value is -1.36. The van der Waals surface area contributed by atoms with Gasteiger partial charge in [0, 0.05) is 24.4 Å². The van der Waals surface area contributed by atoms with Gasteiger partial charge in [0.25, 0.3) is 0 Å². The van der Waals surface area contributed by atoms with Gasteiger partial charge in [0.05, 0.1) is 4.90 Å². The first kappa shape index (κ1) is 20.4. The fourth-order valence-electron chi connectivity index (χ4n) is 3.84. The van der Waals surface area contributed by atoms with E-state index in [-0.39, 0.29) is 0 Å². The molecule has 0 aromatic heterocycles. The Balaban J connectivity index is 1.47. The lowest BCUT2D eigenvalue weighted by Gasteiger charge is -2.33. The van der Waals surface area contributed by atoms with Gasteiger partial charge in [0.2, 0.25) is 0 Å². The zero-order valence-corrected chi connectivity index (χ0v) is 17.5. The molecule has 0 radical (unpaired) electrons. The van der Waals surface area contributed by atoms with Crippen LogP contribution in [0.25, 0.3) is 0 Å². The topological polar surface area (TPSA) is 37.4 Å². The number of sulfone groups is 1. The lowest BCUT2D eigenvalue weighted by Crippen LogP contribution is -2.36. The van der Waals surface area contributed by atoms with E-state index in [1.807, 2.05) is 24.3 Å². The third-order valence-electron chi connectivity index (χ3n) is 5.40. The van der Waals surface area contributed by atoms with Crippen molar-refractivity contribution in [2.75, 3.05) is 25.9 Å². The number of rotatable bonds is 7. The smallest absolute Gasteiger partial charge is 0.175 e. The first-order chi connectivity index (χ1) is 12.9. The van der Waals surface area contributed by atoms with E-state index in [9.17, 15) is 8.42 Å². The minimum Gasteiger partial charge on any atom is -0.303 e. The Bertz CT molecular complexity index is 849. The number of piperidine rings is 1. The van der Waals surface area contributed by atoms with E-state index in [2.05, 4.69) is 17.0 Å². The van der Waals surface area contributed by atoms with Gasteiger partial charge in [-0.2, -0.15) is 0 Å². The van der Waals surface area contributed by atoms with Gasteiger partial charge in [-0.25, -0.2) is 8.42 Å². The minimum atomic E-state index is -3.11. The predicted octanol–water partition coefficient (Wildman–Crippen LogP) is 4.63. The van der Waals surface area contributed by atoms with Gasteiger partial charge in [-0.05, 0) is 80.0 Å². The van der Waals surface area contributed by atoms with Gasteiger partial charge >= 0.3 is 0 Å². The van der Waals surface area contributed by atoms with E-state index >= 15 is 0 Å². The van der Waals surface area contributed by atoms with Gasteiger partial charge < -0.3 is 4.90 Å². The molecule has 1 aliphatic rings. The van der Waals surface area contributed by atoms with Crippen LogP contribution in [0.1, 0.15) is 30.4 Å². The molecule has 146 valence electrons. The van der Waals surface area contributed by atoms with E-state index in [0.29, 0.717) is 10.8 Å². The van der Waals surface area contributed by atoms with Crippen molar-refractivity contribution in [3.05, 3.63) is 64.7 Å². The van der Waals surface area contributed by atoms with Crippen LogP contribution >= 0.6 is 11.6 Å². The van der Waals surface area contributed by atoms with Crippen LogP contribution in [0, 0.1) is 5.92 Å². The summed E-state index contributed by atoms with van der Waals surface area (Å²) in [7, 11) is -3.11. The molecule has 0 N–H and O–H groups in total. The number of hydrogen-bond acceptors (Lipinski definition) is 3. The fourth-order valence-corrected chi connectivity index (χ4v) is 4.69. The highest BCUT2D eigenvalue weighted by Gasteiger charge is 2.19. The molecule has 3 nitrogen and oxygen atoms in total. The van der Waals surface area contributed by atoms with Gasteiger partial charge in [-0.1, -0.05) is 35.9 Å². The first-order valence-corrected chi connectivity index (χ1v) is 11.9. The van der Waals surface area contributed by atoms with E-state index < -0.39 is 9.84 Å². The van der Waals surface area contributed by atoms with Crippen LogP contribution in [0.15, 0.2) is 53.4 Å². The maximum absolute atomic E-state index is 11.6. The molecule has 0 saturated carbocycles. The van der Waals surface area contributed by atoms with Crippen LogP contribution < -0.4 is 0 Å². The molecule has 0 aliphatic carbocycles. The Morgan fingerprint density at radius 2 is 1.85 bits per heavy atom. The van der Waals surface area contributed by atoms with E-state index in [0.717, 1.165) is 37.4 Å². The average Bonchev–Trinajstić information content (AvgIpc) is 2.65. The van der Waals surface area contributed by atoms with Crippen LogP contribution in [0.2, 0.25) is 5.02 Å². The minimum absolute atomic E-state index is 0.399. The van der Waals surface area contributed by atoms with Crippen molar-refractivity contribution in [2.24, 2.45) is 5.92 Å². The van der Waals surface area contributed by atoms with Crippen LogP contribution in [0.4, 0.5) is 0 Å². The molecule has 0 bridgehead atoms. The van der Waals surface area contributed by atoms with Crippen molar-refractivity contribution in [3.8, 4) is 0 Å². The Morgan fingerprint density at radius 1 is 1.07 bits per heavy atom. The van der Waals surface area contributed by atoms with Crippen molar-refractivity contribution < 1.29 is 8.42 Å². The molecule has 0 amide bonds. The second kappa shape index (κ2) is 9.22. The van der Waals surface area contributed by atoms with Crippen molar-refractivity contribution >= 4 is 21.4 Å². The number of benzene rings is 2. The average molecular weight is 406 g/mol. The predicted molar refractivity (Wildman–Crippen MR) is 112 cm³/mol. The summed E-state index contributed by atoms with van der Waals surface area (Å²) in [4.78, 5) is 2.97. The van der Waals surface area contributed by atoms with Gasteiger partial charge in [-0.3, -0.25) is 0 Å². The molecular formula is C22H28ClNO2S. The molecule has 0 spiro atoms. The summed E-state index contributed by atoms with van der Waals surface area (Å²) in [5.41, 5.74) is 2.52.